The van der Waals surface area contributed by atoms with E-state index < -0.39 is 5.97 Å². The van der Waals surface area contributed by atoms with Crippen LogP contribution in [0.1, 0.15) is 24.5 Å². The molecule has 0 aliphatic rings. The predicted molar refractivity (Wildman–Crippen MR) is 86.0 cm³/mol. The molecule has 0 aromatic heterocycles. The van der Waals surface area contributed by atoms with E-state index in [1.54, 1.807) is 13.0 Å². The number of hydrogen-bond acceptors (Lipinski definition) is 3. The second-order valence-electron chi connectivity index (χ2n) is 4.81. The topological polar surface area (TPSA) is 43.4 Å². The van der Waals surface area contributed by atoms with Crippen LogP contribution in [-0.2, 0) is 20.9 Å². The summed E-state index contributed by atoms with van der Waals surface area (Å²) in [7, 11) is 0. The molecule has 0 unspecified atom stereocenters. The molecule has 0 radical (unpaired) electrons. The first-order chi connectivity index (χ1) is 10.7. The van der Waals surface area contributed by atoms with Crippen molar-refractivity contribution in [2.24, 2.45) is 0 Å². The predicted octanol–water partition coefficient (Wildman–Crippen LogP) is 3.79. The van der Waals surface area contributed by atoms with Gasteiger partial charge in [-0.15, -0.1) is 0 Å². The van der Waals surface area contributed by atoms with Crippen molar-refractivity contribution in [3.63, 3.8) is 0 Å². The molecule has 0 heterocycles. The lowest BCUT2D eigenvalue weighted by Crippen LogP contribution is -2.15. The molecule has 22 heavy (non-hydrogen) atoms. The molecule has 0 saturated heterocycles. The Labute approximate surface area is 130 Å². The lowest BCUT2D eigenvalue weighted by molar-refractivity contribution is -0.141. The summed E-state index contributed by atoms with van der Waals surface area (Å²) in [4.78, 5) is 24.2. The molecule has 3 nitrogen and oxygen atoms in total. The lowest BCUT2D eigenvalue weighted by atomic mass is 10.1. The minimum absolute atomic E-state index is 0.0876. The van der Waals surface area contributed by atoms with E-state index >= 15 is 0 Å². The first-order valence-corrected chi connectivity index (χ1v) is 7.21. The van der Waals surface area contributed by atoms with Crippen molar-refractivity contribution in [1.82, 2.24) is 0 Å². The molecule has 0 N–H and O–H groups in total. The number of benzene rings is 2. The van der Waals surface area contributed by atoms with Gasteiger partial charge in [-0.25, -0.2) is 4.79 Å². The summed E-state index contributed by atoms with van der Waals surface area (Å²) in [5, 5.41) is 0. The first kappa shape index (κ1) is 15.7. The maximum Gasteiger partial charge on any atom is 0.342 e. The molecule has 0 fully saturated rings. The van der Waals surface area contributed by atoms with Crippen molar-refractivity contribution in [3.8, 4) is 0 Å². The zero-order valence-corrected chi connectivity index (χ0v) is 12.5. The van der Waals surface area contributed by atoms with Gasteiger partial charge in [-0.05, 0) is 17.2 Å². The van der Waals surface area contributed by atoms with Crippen molar-refractivity contribution >= 4 is 17.8 Å². The highest BCUT2D eigenvalue weighted by molar-refractivity contribution is 6.20. The molecule has 2 aromatic rings. The van der Waals surface area contributed by atoms with Gasteiger partial charge in [-0.2, -0.15) is 0 Å². The maximum absolute atomic E-state index is 12.2. The van der Waals surface area contributed by atoms with Gasteiger partial charge in [0.25, 0.3) is 0 Å². The summed E-state index contributed by atoms with van der Waals surface area (Å²) in [6, 6.07) is 18.7. The smallest absolute Gasteiger partial charge is 0.342 e. The van der Waals surface area contributed by atoms with Crippen molar-refractivity contribution < 1.29 is 14.3 Å². The second kappa shape index (κ2) is 7.93. The van der Waals surface area contributed by atoms with Crippen LogP contribution in [0.15, 0.2) is 66.2 Å². The van der Waals surface area contributed by atoms with Crippen LogP contribution in [0.3, 0.4) is 0 Å². The van der Waals surface area contributed by atoms with E-state index in [0.29, 0.717) is 0 Å². The molecule has 2 rings (SSSR count). The fourth-order valence-corrected chi connectivity index (χ4v) is 1.96. The standard InChI is InChI=1S/C19H18O3/c1-2-18(20)17(13-15-9-5-3-6-10-15)19(21)22-14-16-11-7-4-8-12-16/h3-13H,2,14H2,1H3. The molecule has 112 valence electrons. The average Bonchev–Trinajstić information content (AvgIpc) is 2.58. The van der Waals surface area contributed by atoms with Gasteiger partial charge in [0.15, 0.2) is 5.78 Å². The van der Waals surface area contributed by atoms with Gasteiger partial charge >= 0.3 is 5.97 Å². The van der Waals surface area contributed by atoms with Crippen LogP contribution in [0, 0.1) is 0 Å². The summed E-state index contributed by atoms with van der Waals surface area (Å²) < 4.78 is 5.26. The molecule has 2 aromatic carbocycles. The van der Waals surface area contributed by atoms with Crippen LogP contribution in [0.5, 0.6) is 0 Å². The van der Waals surface area contributed by atoms with E-state index in [0.717, 1.165) is 11.1 Å². The maximum atomic E-state index is 12.2. The molecule has 3 heteroatoms. The molecule has 0 aliphatic heterocycles. The van der Waals surface area contributed by atoms with Gasteiger partial charge in [0.05, 0.1) is 0 Å². The van der Waals surface area contributed by atoms with E-state index in [1.807, 2.05) is 60.7 Å². The number of ketones is 1. The van der Waals surface area contributed by atoms with Crippen molar-refractivity contribution in [2.45, 2.75) is 20.0 Å². The largest absolute Gasteiger partial charge is 0.457 e. The van der Waals surface area contributed by atoms with E-state index in [1.165, 1.54) is 0 Å². The fourth-order valence-electron chi connectivity index (χ4n) is 1.96. The van der Waals surface area contributed by atoms with Gasteiger partial charge in [0.2, 0.25) is 0 Å². The average molecular weight is 294 g/mol. The minimum atomic E-state index is -0.584. The molecule has 0 atom stereocenters. The van der Waals surface area contributed by atoms with Gasteiger partial charge in [-0.1, -0.05) is 67.6 Å². The summed E-state index contributed by atoms with van der Waals surface area (Å²) >= 11 is 0. The van der Waals surface area contributed by atoms with Gasteiger partial charge in [0.1, 0.15) is 12.2 Å². The highest BCUT2D eigenvalue weighted by Crippen LogP contribution is 2.12. The van der Waals surface area contributed by atoms with E-state index in [9.17, 15) is 9.59 Å². The number of ether oxygens (including phenoxy) is 1. The monoisotopic (exact) mass is 294 g/mol. The van der Waals surface area contributed by atoms with Crippen LogP contribution in [0.25, 0.3) is 6.08 Å². The number of hydrogen-bond donors (Lipinski definition) is 0. The van der Waals surface area contributed by atoms with Crippen LogP contribution in [0.2, 0.25) is 0 Å². The Bertz CT molecular complexity index is 658. The van der Waals surface area contributed by atoms with Gasteiger partial charge in [-0.3, -0.25) is 4.79 Å². The molecule has 0 bridgehead atoms. The van der Waals surface area contributed by atoms with Gasteiger partial charge in [0, 0.05) is 6.42 Å². The van der Waals surface area contributed by atoms with E-state index in [-0.39, 0.29) is 24.4 Å². The normalized spacial score (nSPS) is 11.0. The third-order valence-electron chi connectivity index (χ3n) is 3.16. The zero-order valence-electron chi connectivity index (χ0n) is 12.5. The van der Waals surface area contributed by atoms with Crippen molar-refractivity contribution in [1.29, 1.82) is 0 Å². The highest BCUT2D eigenvalue weighted by atomic mass is 16.5. The van der Waals surface area contributed by atoms with Crippen molar-refractivity contribution in [3.05, 3.63) is 77.4 Å². The van der Waals surface area contributed by atoms with Crippen LogP contribution in [-0.4, -0.2) is 11.8 Å². The highest BCUT2D eigenvalue weighted by Gasteiger charge is 2.18. The lowest BCUT2D eigenvalue weighted by Gasteiger charge is -2.07. The van der Waals surface area contributed by atoms with E-state index in [2.05, 4.69) is 0 Å². The van der Waals surface area contributed by atoms with E-state index in [4.69, 9.17) is 4.74 Å². The molecule has 0 spiro atoms. The number of rotatable bonds is 6. The Morgan fingerprint density at radius 2 is 1.55 bits per heavy atom. The van der Waals surface area contributed by atoms with Gasteiger partial charge < -0.3 is 4.74 Å². The molecule has 0 amide bonds. The van der Waals surface area contributed by atoms with Crippen LogP contribution < -0.4 is 0 Å². The SMILES string of the molecule is CCC(=O)C(=Cc1ccccc1)C(=O)OCc1ccccc1. The Morgan fingerprint density at radius 1 is 0.955 bits per heavy atom. The Morgan fingerprint density at radius 3 is 2.14 bits per heavy atom. The number of Topliss-reactive ketones (excluding diaryl/α,β-unsaturated/α-hetero) is 1. The molecular formula is C19H18O3. The summed E-state index contributed by atoms with van der Waals surface area (Å²) in [6.45, 7) is 1.88. The van der Waals surface area contributed by atoms with Crippen LogP contribution >= 0.6 is 0 Å². The third kappa shape index (κ3) is 4.42. The summed E-state index contributed by atoms with van der Waals surface area (Å²) in [6.07, 6.45) is 1.85. The Balaban J connectivity index is 2.13. The molecule has 0 saturated carbocycles. The number of esters is 1. The summed E-state index contributed by atoms with van der Waals surface area (Å²) in [5.41, 5.74) is 1.78. The fraction of sp³-hybridized carbons (Fsp3) is 0.158. The van der Waals surface area contributed by atoms with Crippen molar-refractivity contribution in [2.75, 3.05) is 0 Å². The van der Waals surface area contributed by atoms with Crippen LogP contribution in [0.4, 0.5) is 0 Å². The number of carbonyl (C=O) groups is 2. The molecule has 0 aliphatic carbocycles. The molecular weight excluding hydrogens is 276 g/mol. The first-order valence-electron chi connectivity index (χ1n) is 7.21. The second-order valence-corrected chi connectivity index (χ2v) is 4.81. The minimum Gasteiger partial charge on any atom is -0.457 e. The number of carbonyl (C=O) groups excluding carboxylic acids is 2. The Kier molecular flexibility index (Phi) is 5.66. The quantitative estimate of drug-likeness (QED) is 0.352. The third-order valence-corrected chi connectivity index (χ3v) is 3.16. The summed E-state index contributed by atoms with van der Waals surface area (Å²) in [5.74, 6) is -0.804. The Hall–Kier alpha value is -2.68. The zero-order chi connectivity index (χ0) is 15.8.